The van der Waals surface area contributed by atoms with E-state index in [9.17, 15) is 4.79 Å². The van der Waals surface area contributed by atoms with Crippen LogP contribution in [-0.2, 0) is 9.53 Å². The van der Waals surface area contributed by atoms with Gasteiger partial charge in [0.1, 0.15) is 0 Å². The lowest BCUT2D eigenvalue weighted by Crippen LogP contribution is -2.17. The largest absolute Gasteiger partial charge is 0.465 e. The predicted octanol–water partition coefficient (Wildman–Crippen LogP) is 4.10. The summed E-state index contributed by atoms with van der Waals surface area (Å²) in [6.45, 7) is 2.86. The highest BCUT2D eigenvalue weighted by Gasteiger charge is 2.36. The third-order valence-electron chi connectivity index (χ3n) is 4.36. The smallest absolute Gasteiger partial charge is 0.305 e. The van der Waals surface area contributed by atoms with Gasteiger partial charge in [-0.1, -0.05) is 44.8 Å². The van der Waals surface area contributed by atoms with Gasteiger partial charge in [-0.2, -0.15) is 0 Å². The van der Waals surface area contributed by atoms with Crippen LogP contribution >= 0.6 is 0 Å². The minimum absolute atomic E-state index is 0.0123. The van der Waals surface area contributed by atoms with E-state index in [1.807, 2.05) is 0 Å². The van der Waals surface area contributed by atoms with Crippen LogP contribution in [0.15, 0.2) is 12.2 Å². The van der Waals surface area contributed by atoms with E-state index in [2.05, 4.69) is 19.1 Å². The lowest BCUT2D eigenvalue weighted by Gasteiger charge is -2.17. The van der Waals surface area contributed by atoms with Crippen LogP contribution in [-0.4, -0.2) is 12.6 Å². The van der Waals surface area contributed by atoms with Crippen molar-refractivity contribution in [2.24, 2.45) is 17.8 Å². The number of esters is 1. The van der Waals surface area contributed by atoms with E-state index in [1.165, 1.54) is 38.5 Å². The molecular weight excluding hydrogens is 224 g/mol. The lowest BCUT2D eigenvalue weighted by molar-refractivity contribution is -0.145. The first kappa shape index (κ1) is 13.6. The Kier molecular flexibility index (Phi) is 5.27. The molecule has 0 aliphatic heterocycles. The number of ether oxygens (including phenoxy) is 1. The first-order chi connectivity index (χ1) is 8.79. The van der Waals surface area contributed by atoms with Crippen LogP contribution in [0.4, 0.5) is 0 Å². The first-order valence-electron chi connectivity index (χ1n) is 7.63. The molecule has 0 aromatic carbocycles. The summed E-state index contributed by atoms with van der Waals surface area (Å²) in [5, 5.41) is 0. The molecule has 2 bridgehead atoms. The maximum Gasteiger partial charge on any atom is 0.305 e. The van der Waals surface area contributed by atoms with E-state index in [-0.39, 0.29) is 5.97 Å². The van der Waals surface area contributed by atoms with Gasteiger partial charge in [-0.15, -0.1) is 0 Å². The number of unbranched alkanes of at least 4 members (excludes halogenated alkanes) is 4. The molecule has 0 saturated heterocycles. The van der Waals surface area contributed by atoms with E-state index >= 15 is 0 Å². The van der Waals surface area contributed by atoms with Crippen molar-refractivity contribution in [3.05, 3.63) is 12.2 Å². The van der Waals surface area contributed by atoms with Gasteiger partial charge in [-0.3, -0.25) is 4.79 Å². The van der Waals surface area contributed by atoms with Gasteiger partial charge in [0.15, 0.2) is 0 Å². The molecule has 102 valence electrons. The SMILES string of the molecule is CCCCCCCC(=O)OC[C@@H]1C[C@@H]2C=C[C@H]1C2. The first-order valence-corrected chi connectivity index (χ1v) is 7.63. The summed E-state index contributed by atoms with van der Waals surface area (Å²) in [6.07, 6.45) is 13.7. The summed E-state index contributed by atoms with van der Waals surface area (Å²) in [5.41, 5.74) is 0. The van der Waals surface area contributed by atoms with Crippen LogP contribution in [0.3, 0.4) is 0 Å². The van der Waals surface area contributed by atoms with Crippen molar-refractivity contribution in [1.29, 1.82) is 0 Å². The number of hydrogen-bond donors (Lipinski definition) is 0. The van der Waals surface area contributed by atoms with Crippen molar-refractivity contribution in [2.75, 3.05) is 6.61 Å². The number of fused-ring (bicyclic) bond motifs is 2. The molecule has 1 fully saturated rings. The molecule has 18 heavy (non-hydrogen) atoms. The fraction of sp³-hybridized carbons (Fsp3) is 0.812. The van der Waals surface area contributed by atoms with Crippen molar-refractivity contribution in [2.45, 2.75) is 58.3 Å². The van der Waals surface area contributed by atoms with Crippen LogP contribution in [0.25, 0.3) is 0 Å². The van der Waals surface area contributed by atoms with Crippen LogP contribution in [0.2, 0.25) is 0 Å². The fourth-order valence-electron chi connectivity index (χ4n) is 3.23. The second-order valence-electron chi connectivity index (χ2n) is 5.89. The zero-order valence-corrected chi connectivity index (χ0v) is 11.6. The molecule has 2 aliphatic carbocycles. The lowest BCUT2D eigenvalue weighted by atomic mass is 9.95. The Labute approximate surface area is 111 Å². The summed E-state index contributed by atoms with van der Waals surface area (Å²) >= 11 is 0. The highest BCUT2D eigenvalue weighted by Crippen LogP contribution is 2.43. The summed E-state index contributed by atoms with van der Waals surface area (Å²) in [4.78, 5) is 11.6. The van der Waals surface area contributed by atoms with E-state index < -0.39 is 0 Å². The number of carbonyl (C=O) groups excluding carboxylic acids is 1. The molecular formula is C16H26O2. The zero-order valence-electron chi connectivity index (χ0n) is 11.6. The normalized spacial score (nSPS) is 28.8. The topological polar surface area (TPSA) is 26.3 Å². The van der Waals surface area contributed by atoms with Crippen molar-refractivity contribution < 1.29 is 9.53 Å². The minimum Gasteiger partial charge on any atom is -0.465 e. The average Bonchev–Trinajstić information content (AvgIpc) is 2.98. The minimum atomic E-state index is 0.0123. The molecule has 0 spiro atoms. The van der Waals surface area contributed by atoms with E-state index in [1.54, 1.807) is 0 Å². The summed E-state index contributed by atoms with van der Waals surface area (Å²) in [7, 11) is 0. The Balaban J connectivity index is 1.51. The van der Waals surface area contributed by atoms with E-state index in [0.717, 1.165) is 12.3 Å². The highest BCUT2D eigenvalue weighted by molar-refractivity contribution is 5.69. The number of rotatable bonds is 8. The predicted molar refractivity (Wildman–Crippen MR) is 73.2 cm³/mol. The van der Waals surface area contributed by atoms with Gasteiger partial charge >= 0.3 is 5.97 Å². The molecule has 2 rings (SSSR count). The fourth-order valence-corrected chi connectivity index (χ4v) is 3.23. The highest BCUT2D eigenvalue weighted by atomic mass is 16.5. The Morgan fingerprint density at radius 1 is 1.17 bits per heavy atom. The third kappa shape index (κ3) is 3.86. The summed E-state index contributed by atoms with van der Waals surface area (Å²) < 4.78 is 5.41. The van der Waals surface area contributed by atoms with Gasteiger partial charge in [0, 0.05) is 6.42 Å². The molecule has 0 radical (unpaired) electrons. The Bertz CT molecular complexity index is 295. The maximum absolute atomic E-state index is 11.6. The van der Waals surface area contributed by atoms with Gasteiger partial charge in [-0.25, -0.2) is 0 Å². The van der Waals surface area contributed by atoms with Gasteiger partial charge in [0.25, 0.3) is 0 Å². The van der Waals surface area contributed by atoms with E-state index in [0.29, 0.717) is 24.9 Å². The second kappa shape index (κ2) is 6.96. The molecule has 3 atom stereocenters. The molecule has 2 nitrogen and oxygen atoms in total. The molecule has 0 aromatic heterocycles. The van der Waals surface area contributed by atoms with Crippen molar-refractivity contribution in [3.8, 4) is 0 Å². The molecule has 0 aromatic rings. The van der Waals surface area contributed by atoms with Crippen LogP contribution in [0.1, 0.15) is 58.3 Å². The van der Waals surface area contributed by atoms with Gasteiger partial charge < -0.3 is 4.74 Å². The van der Waals surface area contributed by atoms with Crippen LogP contribution in [0.5, 0.6) is 0 Å². The number of hydrogen-bond acceptors (Lipinski definition) is 2. The quantitative estimate of drug-likeness (QED) is 0.368. The Hall–Kier alpha value is -0.790. The molecule has 2 aliphatic rings. The van der Waals surface area contributed by atoms with Gasteiger partial charge in [-0.05, 0) is 37.0 Å². The van der Waals surface area contributed by atoms with Gasteiger partial charge in [0.2, 0.25) is 0 Å². The molecule has 0 amide bonds. The standard InChI is InChI=1S/C16H26O2/c1-2-3-4-5-6-7-16(17)18-12-15-11-13-8-9-14(15)10-13/h8-9,13-15H,2-7,10-12H2,1H3/t13-,14+,15+/m1/s1. The molecule has 0 N–H and O–H groups in total. The third-order valence-corrected chi connectivity index (χ3v) is 4.36. The monoisotopic (exact) mass is 250 g/mol. The number of carbonyl (C=O) groups is 1. The van der Waals surface area contributed by atoms with Crippen LogP contribution < -0.4 is 0 Å². The van der Waals surface area contributed by atoms with Crippen LogP contribution in [0, 0.1) is 17.8 Å². The maximum atomic E-state index is 11.6. The molecule has 1 saturated carbocycles. The second-order valence-corrected chi connectivity index (χ2v) is 5.89. The Morgan fingerprint density at radius 3 is 2.67 bits per heavy atom. The Morgan fingerprint density at radius 2 is 2.00 bits per heavy atom. The van der Waals surface area contributed by atoms with Crippen molar-refractivity contribution in [3.63, 3.8) is 0 Å². The number of allylic oxidation sites excluding steroid dienone is 2. The molecule has 0 heterocycles. The molecule has 0 unspecified atom stereocenters. The van der Waals surface area contributed by atoms with Gasteiger partial charge in [0.05, 0.1) is 6.61 Å². The van der Waals surface area contributed by atoms with Crippen molar-refractivity contribution in [1.82, 2.24) is 0 Å². The zero-order chi connectivity index (χ0) is 12.8. The molecule has 2 heteroatoms. The van der Waals surface area contributed by atoms with Crippen molar-refractivity contribution >= 4 is 5.97 Å². The summed E-state index contributed by atoms with van der Waals surface area (Å²) in [5.74, 6) is 2.07. The summed E-state index contributed by atoms with van der Waals surface area (Å²) in [6, 6.07) is 0. The van der Waals surface area contributed by atoms with E-state index in [4.69, 9.17) is 4.74 Å². The average molecular weight is 250 g/mol.